The third-order valence-corrected chi connectivity index (χ3v) is 3.77. The second kappa shape index (κ2) is 6.75. The molecule has 0 fully saturated rings. The number of aromatic nitrogens is 2. The molecule has 3 rings (SSSR count). The number of benzene rings is 2. The van der Waals surface area contributed by atoms with Crippen LogP contribution in [0.15, 0.2) is 65.7 Å². The number of imidazole rings is 1. The summed E-state index contributed by atoms with van der Waals surface area (Å²) in [5.41, 5.74) is 2.23. The summed E-state index contributed by atoms with van der Waals surface area (Å²) in [4.78, 5) is 16.1. The number of nitrogens with one attached hydrogen (secondary N) is 1. The smallest absolute Gasteiger partial charge is 0.251 e. The minimum absolute atomic E-state index is 0.284. The molecule has 0 spiro atoms. The van der Waals surface area contributed by atoms with Crippen LogP contribution in [0, 0.1) is 5.82 Å². The fourth-order valence-corrected chi connectivity index (χ4v) is 2.63. The van der Waals surface area contributed by atoms with Crippen molar-refractivity contribution in [2.75, 3.05) is 0 Å². The number of rotatable bonds is 4. The van der Waals surface area contributed by atoms with Crippen molar-refractivity contribution in [2.24, 2.45) is 0 Å². The van der Waals surface area contributed by atoms with Crippen LogP contribution in [-0.2, 0) is 6.54 Å². The second-order valence-corrected chi connectivity index (χ2v) is 5.89. The van der Waals surface area contributed by atoms with E-state index in [2.05, 4.69) is 26.2 Å². The summed E-state index contributed by atoms with van der Waals surface area (Å²) in [6.45, 7) is 0.372. The summed E-state index contributed by atoms with van der Waals surface area (Å²) in [7, 11) is 0. The third kappa shape index (κ3) is 3.84. The zero-order chi connectivity index (χ0) is 16.2. The van der Waals surface area contributed by atoms with Gasteiger partial charge in [-0.15, -0.1) is 0 Å². The summed E-state index contributed by atoms with van der Waals surface area (Å²) in [5.74, 6) is -0.766. The standard InChI is InChI=1S/C17H13BrFN3O/c18-14-7-13(8-15(19)9-14)17(23)21-10-12-1-3-16(4-2-12)22-6-5-20-11-22/h1-9,11H,10H2,(H,21,23). The summed E-state index contributed by atoms with van der Waals surface area (Å²) in [6.07, 6.45) is 5.29. The number of nitrogens with zero attached hydrogens (tertiary/aromatic N) is 2. The molecule has 1 N–H and O–H groups in total. The average molecular weight is 374 g/mol. The van der Waals surface area contributed by atoms with Gasteiger partial charge in [-0.25, -0.2) is 9.37 Å². The van der Waals surface area contributed by atoms with Gasteiger partial charge in [-0.2, -0.15) is 0 Å². The Hall–Kier alpha value is -2.47. The van der Waals surface area contributed by atoms with Crippen LogP contribution in [0.3, 0.4) is 0 Å². The van der Waals surface area contributed by atoms with Crippen LogP contribution in [-0.4, -0.2) is 15.5 Å². The molecule has 1 aromatic heterocycles. The Morgan fingerprint density at radius 2 is 2.00 bits per heavy atom. The second-order valence-electron chi connectivity index (χ2n) is 4.98. The van der Waals surface area contributed by atoms with Crippen LogP contribution in [0.5, 0.6) is 0 Å². The molecule has 23 heavy (non-hydrogen) atoms. The lowest BCUT2D eigenvalue weighted by Crippen LogP contribution is -2.22. The van der Waals surface area contributed by atoms with Crippen molar-refractivity contribution in [3.8, 4) is 5.69 Å². The van der Waals surface area contributed by atoms with Crippen molar-refractivity contribution >= 4 is 21.8 Å². The van der Waals surface area contributed by atoms with Gasteiger partial charge in [0, 0.05) is 34.7 Å². The van der Waals surface area contributed by atoms with Gasteiger partial charge in [-0.05, 0) is 35.9 Å². The molecule has 0 aliphatic carbocycles. The number of amides is 1. The molecule has 0 unspecified atom stereocenters. The van der Waals surface area contributed by atoms with Gasteiger partial charge in [0.05, 0.1) is 6.33 Å². The highest BCUT2D eigenvalue weighted by Crippen LogP contribution is 2.15. The van der Waals surface area contributed by atoms with Crippen LogP contribution in [0.4, 0.5) is 4.39 Å². The van der Waals surface area contributed by atoms with E-state index in [0.29, 0.717) is 11.0 Å². The predicted octanol–water partition coefficient (Wildman–Crippen LogP) is 3.70. The summed E-state index contributed by atoms with van der Waals surface area (Å²) < 4.78 is 15.7. The summed E-state index contributed by atoms with van der Waals surface area (Å²) >= 11 is 3.18. The molecular formula is C17H13BrFN3O. The molecule has 3 aromatic rings. The highest BCUT2D eigenvalue weighted by Gasteiger charge is 2.08. The Labute approximate surface area is 141 Å². The Kier molecular flexibility index (Phi) is 4.52. The molecule has 0 aliphatic rings. The molecule has 1 amide bonds. The highest BCUT2D eigenvalue weighted by atomic mass is 79.9. The number of hydrogen-bond donors (Lipinski definition) is 1. The van der Waals surface area contributed by atoms with Gasteiger partial charge in [0.25, 0.3) is 5.91 Å². The third-order valence-electron chi connectivity index (χ3n) is 3.32. The van der Waals surface area contributed by atoms with E-state index in [-0.39, 0.29) is 11.5 Å². The first-order chi connectivity index (χ1) is 11.1. The fourth-order valence-electron chi connectivity index (χ4n) is 2.17. The van der Waals surface area contributed by atoms with Gasteiger partial charge in [-0.1, -0.05) is 28.1 Å². The van der Waals surface area contributed by atoms with Crippen LogP contribution in [0.2, 0.25) is 0 Å². The van der Waals surface area contributed by atoms with Crippen molar-refractivity contribution in [3.63, 3.8) is 0 Å². The van der Waals surface area contributed by atoms with E-state index in [4.69, 9.17) is 0 Å². The molecule has 0 aliphatic heterocycles. The molecule has 0 atom stereocenters. The van der Waals surface area contributed by atoms with E-state index in [1.54, 1.807) is 18.6 Å². The molecule has 0 saturated heterocycles. The van der Waals surface area contributed by atoms with E-state index < -0.39 is 5.82 Å². The van der Waals surface area contributed by atoms with Crippen LogP contribution in [0.25, 0.3) is 5.69 Å². The molecule has 2 aromatic carbocycles. The number of carbonyl (C=O) groups is 1. The first-order valence-electron chi connectivity index (χ1n) is 6.93. The van der Waals surface area contributed by atoms with Gasteiger partial charge >= 0.3 is 0 Å². The van der Waals surface area contributed by atoms with E-state index >= 15 is 0 Å². The molecule has 0 bridgehead atoms. The first kappa shape index (κ1) is 15.4. The van der Waals surface area contributed by atoms with E-state index in [9.17, 15) is 9.18 Å². The van der Waals surface area contributed by atoms with Gasteiger partial charge in [-0.3, -0.25) is 4.79 Å². The van der Waals surface area contributed by atoms with Crippen LogP contribution < -0.4 is 5.32 Å². The summed E-state index contributed by atoms with van der Waals surface area (Å²) in [6, 6.07) is 11.9. The van der Waals surface area contributed by atoms with Crippen molar-refractivity contribution in [1.82, 2.24) is 14.9 Å². The zero-order valence-corrected chi connectivity index (χ0v) is 13.6. The lowest BCUT2D eigenvalue weighted by atomic mass is 10.1. The molecule has 4 nitrogen and oxygen atoms in total. The predicted molar refractivity (Wildman–Crippen MR) is 88.8 cm³/mol. The van der Waals surface area contributed by atoms with E-state index in [1.165, 1.54) is 12.1 Å². The SMILES string of the molecule is O=C(NCc1ccc(-n2ccnc2)cc1)c1cc(F)cc(Br)c1. The topological polar surface area (TPSA) is 46.9 Å². The maximum Gasteiger partial charge on any atom is 0.251 e. The molecule has 0 saturated carbocycles. The van der Waals surface area contributed by atoms with Gasteiger partial charge in [0.2, 0.25) is 0 Å². The van der Waals surface area contributed by atoms with Crippen LogP contribution >= 0.6 is 15.9 Å². The Bertz CT molecular complexity index is 796. The number of carbonyl (C=O) groups excluding carboxylic acids is 1. The van der Waals surface area contributed by atoms with Gasteiger partial charge < -0.3 is 9.88 Å². The maximum absolute atomic E-state index is 13.3. The van der Waals surface area contributed by atoms with Crippen molar-refractivity contribution in [3.05, 3.63) is 82.6 Å². The first-order valence-corrected chi connectivity index (χ1v) is 7.73. The maximum atomic E-state index is 13.3. The molecule has 0 radical (unpaired) electrons. The number of hydrogen-bond acceptors (Lipinski definition) is 2. The normalized spacial score (nSPS) is 10.5. The van der Waals surface area contributed by atoms with E-state index in [0.717, 1.165) is 11.3 Å². The minimum Gasteiger partial charge on any atom is -0.348 e. The lowest BCUT2D eigenvalue weighted by Gasteiger charge is -2.07. The quantitative estimate of drug-likeness (QED) is 0.757. The Morgan fingerprint density at radius 3 is 2.65 bits per heavy atom. The lowest BCUT2D eigenvalue weighted by molar-refractivity contribution is 0.0950. The Balaban J connectivity index is 1.65. The molecule has 1 heterocycles. The minimum atomic E-state index is -0.450. The molecular weight excluding hydrogens is 361 g/mol. The fraction of sp³-hybridized carbons (Fsp3) is 0.0588. The van der Waals surface area contributed by atoms with Gasteiger partial charge in [0.1, 0.15) is 5.82 Å². The van der Waals surface area contributed by atoms with Crippen LogP contribution in [0.1, 0.15) is 15.9 Å². The van der Waals surface area contributed by atoms with Crippen molar-refractivity contribution in [2.45, 2.75) is 6.54 Å². The monoisotopic (exact) mass is 373 g/mol. The van der Waals surface area contributed by atoms with Gasteiger partial charge in [0.15, 0.2) is 0 Å². The highest BCUT2D eigenvalue weighted by molar-refractivity contribution is 9.10. The molecule has 116 valence electrons. The number of halogens is 2. The zero-order valence-electron chi connectivity index (χ0n) is 12.0. The van der Waals surface area contributed by atoms with E-state index in [1.807, 2.05) is 35.0 Å². The van der Waals surface area contributed by atoms with Crippen molar-refractivity contribution < 1.29 is 9.18 Å². The Morgan fingerprint density at radius 1 is 1.22 bits per heavy atom. The largest absolute Gasteiger partial charge is 0.348 e. The summed E-state index contributed by atoms with van der Waals surface area (Å²) in [5, 5.41) is 2.78. The molecule has 6 heteroatoms. The average Bonchev–Trinajstić information content (AvgIpc) is 3.06. The van der Waals surface area contributed by atoms with Crippen molar-refractivity contribution in [1.29, 1.82) is 0 Å².